The molecule has 7 heteroatoms. The number of carbonyl (C=O) groups excluding carboxylic acids is 1. The fourth-order valence-corrected chi connectivity index (χ4v) is 2.14. The summed E-state index contributed by atoms with van der Waals surface area (Å²) in [4.78, 5) is 34.0. The van der Waals surface area contributed by atoms with Crippen LogP contribution in [0.3, 0.4) is 0 Å². The highest BCUT2D eigenvalue weighted by molar-refractivity contribution is 5.83. The van der Waals surface area contributed by atoms with Gasteiger partial charge in [-0.2, -0.15) is 0 Å². The molecule has 0 aliphatic heterocycles. The first-order valence-corrected chi connectivity index (χ1v) is 6.94. The Morgan fingerprint density at radius 3 is 2.64 bits per heavy atom. The molecule has 7 nitrogen and oxygen atoms in total. The minimum absolute atomic E-state index is 0.0247. The quantitative estimate of drug-likeness (QED) is 0.603. The van der Waals surface area contributed by atoms with Gasteiger partial charge in [-0.15, -0.1) is 0 Å². The van der Waals surface area contributed by atoms with E-state index in [-0.39, 0.29) is 29.4 Å². The molecule has 0 aliphatic rings. The van der Waals surface area contributed by atoms with Gasteiger partial charge in [0, 0.05) is 30.5 Å². The predicted octanol–water partition coefficient (Wildman–Crippen LogP) is 2.29. The van der Waals surface area contributed by atoms with Gasteiger partial charge in [0.25, 0.3) is 11.2 Å². The van der Waals surface area contributed by atoms with E-state index < -0.39 is 4.92 Å². The molecule has 1 aromatic carbocycles. The molecule has 0 saturated heterocycles. The number of hydrogen-bond donors (Lipinski definition) is 0. The number of nitro benzene ring substituents is 1. The standard InChI is InChI=1S/C15H16N2O5/c1-3-12(18)9-22-14-8-10-7-11(17(20)21)5-6-13(10)16(4-2)15(14)19/h5-8H,3-4,9H2,1-2H3. The number of benzene rings is 1. The maximum Gasteiger partial charge on any atom is 0.293 e. The lowest BCUT2D eigenvalue weighted by Gasteiger charge is -2.11. The van der Waals surface area contributed by atoms with Gasteiger partial charge in [-0.1, -0.05) is 6.92 Å². The lowest BCUT2D eigenvalue weighted by Crippen LogP contribution is -2.23. The van der Waals surface area contributed by atoms with Crippen molar-refractivity contribution >= 4 is 22.4 Å². The molecule has 0 aliphatic carbocycles. The minimum Gasteiger partial charge on any atom is -0.480 e. The van der Waals surface area contributed by atoms with E-state index >= 15 is 0 Å². The third-order valence-electron chi connectivity index (χ3n) is 3.35. The summed E-state index contributed by atoms with van der Waals surface area (Å²) in [5.74, 6) is -0.0989. The van der Waals surface area contributed by atoms with Crippen LogP contribution in [0.4, 0.5) is 5.69 Å². The first-order chi connectivity index (χ1) is 10.5. The summed E-state index contributed by atoms with van der Waals surface area (Å²) in [5.41, 5.74) is 0.171. The number of aromatic nitrogens is 1. The van der Waals surface area contributed by atoms with Crippen molar-refractivity contribution in [2.24, 2.45) is 0 Å². The van der Waals surface area contributed by atoms with Gasteiger partial charge in [-0.25, -0.2) is 0 Å². The molecular formula is C15H16N2O5. The maximum atomic E-state index is 12.3. The lowest BCUT2D eigenvalue weighted by molar-refractivity contribution is -0.384. The molecule has 1 heterocycles. The van der Waals surface area contributed by atoms with Gasteiger partial charge in [-0.3, -0.25) is 19.7 Å². The zero-order valence-electron chi connectivity index (χ0n) is 12.4. The summed E-state index contributed by atoms with van der Waals surface area (Å²) < 4.78 is 6.75. The van der Waals surface area contributed by atoms with E-state index in [4.69, 9.17) is 4.74 Å². The first-order valence-electron chi connectivity index (χ1n) is 6.94. The fourth-order valence-electron chi connectivity index (χ4n) is 2.14. The van der Waals surface area contributed by atoms with Gasteiger partial charge in [-0.05, 0) is 19.1 Å². The highest BCUT2D eigenvalue weighted by atomic mass is 16.6. The second-order valence-electron chi connectivity index (χ2n) is 4.74. The molecule has 0 N–H and O–H groups in total. The van der Waals surface area contributed by atoms with E-state index in [9.17, 15) is 19.7 Å². The molecule has 0 spiro atoms. The third-order valence-corrected chi connectivity index (χ3v) is 3.35. The van der Waals surface area contributed by atoms with Crippen molar-refractivity contribution in [3.8, 4) is 5.75 Å². The van der Waals surface area contributed by atoms with Crippen LogP contribution in [0.15, 0.2) is 29.1 Å². The van der Waals surface area contributed by atoms with Gasteiger partial charge in [0.1, 0.15) is 6.61 Å². The van der Waals surface area contributed by atoms with Gasteiger partial charge >= 0.3 is 0 Å². The van der Waals surface area contributed by atoms with Gasteiger partial charge in [0.15, 0.2) is 11.5 Å². The minimum atomic E-state index is -0.498. The molecule has 0 unspecified atom stereocenters. The average molecular weight is 304 g/mol. The number of fused-ring (bicyclic) bond motifs is 1. The van der Waals surface area contributed by atoms with Crippen LogP contribution in [0.5, 0.6) is 5.75 Å². The monoisotopic (exact) mass is 304 g/mol. The van der Waals surface area contributed by atoms with Gasteiger partial charge in [0.05, 0.1) is 10.4 Å². The van der Waals surface area contributed by atoms with Crippen LogP contribution in [0.2, 0.25) is 0 Å². The highest BCUT2D eigenvalue weighted by Gasteiger charge is 2.13. The van der Waals surface area contributed by atoms with Gasteiger partial charge in [0.2, 0.25) is 0 Å². The topological polar surface area (TPSA) is 91.4 Å². The number of ketones is 1. The molecular weight excluding hydrogens is 288 g/mol. The van der Waals surface area contributed by atoms with Crippen molar-refractivity contribution in [3.63, 3.8) is 0 Å². The largest absolute Gasteiger partial charge is 0.480 e. The SMILES string of the molecule is CCC(=O)COc1cc2cc([N+](=O)[O-])ccc2n(CC)c1=O. The van der Waals surface area contributed by atoms with Crippen LogP contribution in [-0.2, 0) is 11.3 Å². The Hall–Kier alpha value is -2.70. The zero-order valence-corrected chi connectivity index (χ0v) is 12.4. The van der Waals surface area contributed by atoms with E-state index in [0.717, 1.165) is 0 Å². The highest BCUT2D eigenvalue weighted by Crippen LogP contribution is 2.22. The first kappa shape index (κ1) is 15.7. The molecule has 0 atom stereocenters. The molecule has 2 aromatic rings. The zero-order chi connectivity index (χ0) is 16.3. The van der Waals surface area contributed by atoms with Crippen LogP contribution in [0.1, 0.15) is 20.3 Å². The molecule has 0 fully saturated rings. The number of rotatable bonds is 6. The van der Waals surface area contributed by atoms with Crippen LogP contribution in [-0.4, -0.2) is 21.9 Å². The fraction of sp³-hybridized carbons (Fsp3) is 0.333. The summed E-state index contributed by atoms with van der Waals surface area (Å²) in [6.45, 7) is 3.71. The van der Waals surface area contributed by atoms with Crippen LogP contribution < -0.4 is 10.3 Å². The Bertz CT molecular complexity index is 794. The number of non-ortho nitro benzene ring substituents is 1. The van der Waals surface area contributed by atoms with Crippen molar-refractivity contribution in [2.45, 2.75) is 26.8 Å². The Kier molecular flexibility index (Phi) is 4.55. The normalized spacial score (nSPS) is 10.6. The van der Waals surface area contributed by atoms with E-state index in [1.165, 1.54) is 22.8 Å². The summed E-state index contributed by atoms with van der Waals surface area (Å²) in [6.07, 6.45) is 0.320. The molecule has 0 amide bonds. The smallest absolute Gasteiger partial charge is 0.293 e. The molecule has 116 valence electrons. The molecule has 22 heavy (non-hydrogen) atoms. The Morgan fingerprint density at radius 1 is 1.32 bits per heavy atom. The molecule has 0 radical (unpaired) electrons. The van der Waals surface area contributed by atoms with E-state index in [2.05, 4.69) is 0 Å². The van der Waals surface area contributed by atoms with Crippen LogP contribution in [0, 0.1) is 10.1 Å². The number of nitrogens with zero attached hydrogens (tertiary/aromatic N) is 2. The summed E-state index contributed by atoms with van der Waals surface area (Å²) in [7, 11) is 0. The Balaban J connectivity index is 2.56. The van der Waals surface area contributed by atoms with Crippen molar-refractivity contribution in [2.75, 3.05) is 6.61 Å². The second kappa shape index (κ2) is 6.38. The Morgan fingerprint density at radius 2 is 2.05 bits per heavy atom. The van der Waals surface area contributed by atoms with Crippen LogP contribution >= 0.6 is 0 Å². The molecule has 2 rings (SSSR count). The van der Waals surface area contributed by atoms with E-state index in [1.54, 1.807) is 19.9 Å². The molecule has 1 aromatic heterocycles. The summed E-state index contributed by atoms with van der Waals surface area (Å²) in [5, 5.41) is 11.4. The number of pyridine rings is 1. The van der Waals surface area contributed by atoms with Crippen molar-refractivity contribution in [1.82, 2.24) is 4.57 Å². The predicted molar refractivity (Wildman–Crippen MR) is 81.3 cm³/mol. The number of carbonyl (C=O) groups is 1. The number of hydrogen-bond acceptors (Lipinski definition) is 5. The van der Waals surface area contributed by atoms with Crippen LogP contribution in [0.25, 0.3) is 10.9 Å². The third kappa shape index (κ3) is 2.98. The summed E-state index contributed by atoms with van der Waals surface area (Å²) in [6, 6.07) is 5.73. The maximum absolute atomic E-state index is 12.3. The van der Waals surface area contributed by atoms with Crippen molar-refractivity contribution in [3.05, 3.63) is 44.7 Å². The van der Waals surface area contributed by atoms with Gasteiger partial charge < -0.3 is 9.30 Å². The lowest BCUT2D eigenvalue weighted by atomic mass is 10.2. The van der Waals surface area contributed by atoms with Crippen molar-refractivity contribution < 1.29 is 14.5 Å². The molecule has 0 bridgehead atoms. The average Bonchev–Trinajstić information content (AvgIpc) is 2.52. The number of nitro groups is 1. The van der Waals surface area contributed by atoms with Crippen molar-refractivity contribution in [1.29, 1.82) is 0 Å². The van der Waals surface area contributed by atoms with E-state index in [1.807, 2.05) is 0 Å². The number of ether oxygens (including phenoxy) is 1. The second-order valence-corrected chi connectivity index (χ2v) is 4.74. The van der Waals surface area contributed by atoms with E-state index in [0.29, 0.717) is 23.9 Å². The molecule has 0 saturated carbocycles. The number of aryl methyl sites for hydroxylation is 1. The summed E-state index contributed by atoms with van der Waals surface area (Å²) >= 11 is 0. The number of Topliss-reactive ketones (excluding diaryl/α,β-unsaturated/α-hetero) is 1. The Labute approximate surface area is 126 Å².